The Morgan fingerprint density at radius 3 is 2.32 bits per heavy atom. The molecule has 25 heavy (non-hydrogen) atoms. The second kappa shape index (κ2) is 5.55. The van der Waals surface area contributed by atoms with Crippen molar-refractivity contribution >= 4 is 23.8 Å². The lowest BCUT2D eigenvalue weighted by Gasteiger charge is -2.25. The molecule has 1 aromatic rings. The van der Waals surface area contributed by atoms with E-state index in [1.54, 1.807) is 0 Å². The molecule has 132 valence electrons. The summed E-state index contributed by atoms with van der Waals surface area (Å²) < 4.78 is 0. The lowest BCUT2D eigenvalue weighted by Crippen LogP contribution is -2.52. The van der Waals surface area contributed by atoms with Gasteiger partial charge in [0, 0.05) is 17.5 Å². The smallest absolute Gasteiger partial charge is 0.335 e. The average molecular weight is 348 g/mol. The number of carboxylic acid groups (broad SMARTS) is 3. The second-order valence-electron chi connectivity index (χ2n) is 6.48. The largest absolute Gasteiger partial charge is 0.481 e. The molecule has 0 heterocycles. The van der Waals surface area contributed by atoms with Gasteiger partial charge in [0.2, 0.25) is 0 Å². The van der Waals surface area contributed by atoms with Crippen molar-refractivity contribution in [1.82, 2.24) is 5.32 Å². The number of fused-ring (bicyclic) bond motifs is 1. The molecule has 6 N–H and O–H groups in total. The van der Waals surface area contributed by atoms with E-state index in [2.05, 4.69) is 5.32 Å². The molecule has 2 saturated carbocycles. The third-order valence-corrected chi connectivity index (χ3v) is 5.06. The number of nitrogens with two attached hydrogens (primary N) is 1. The summed E-state index contributed by atoms with van der Waals surface area (Å²) >= 11 is 0. The zero-order chi connectivity index (χ0) is 18.5. The van der Waals surface area contributed by atoms with Crippen LogP contribution in [0.1, 0.15) is 27.1 Å². The van der Waals surface area contributed by atoms with E-state index >= 15 is 0 Å². The summed E-state index contributed by atoms with van der Waals surface area (Å²) in [6.45, 7) is 0. The molecule has 0 bridgehead atoms. The predicted octanol–water partition coefficient (Wildman–Crippen LogP) is -0.384. The molecule has 9 nitrogen and oxygen atoms in total. The second-order valence-corrected chi connectivity index (χ2v) is 6.48. The number of hydrogen-bond acceptors (Lipinski definition) is 5. The predicted molar refractivity (Wildman–Crippen MR) is 81.9 cm³/mol. The van der Waals surface area contributed by atoms with Gasteiger partial charge in [0.25, 0.3) is 5.91 Å². The first kappa shape index (κ1) is 16.9. The summed E-state index contributed by atoms with van der Waals surface area (Å²) in [5.74, 6) is -6.42. The Kier molecular flexibility index (Phi) is 3.76. The number of hydrogen-bond donors (Lipinski definition) is 5. The van der Waals surface area contributed by atoms with Gasteiger partial charge in [0.15, 0.2) is 0 Å². The van der Waals surface area contributed by atoms with Crippen LogP contribution in [0.5, 0.6) is 0 Å². The lowest BCUT2D eigenvalue weighted by atomic mass is 9.90. The monoisotopic (exact) mass is 348 g/mol. The van der Waals surface area contributed by atoms with E-state index in [9.17, 15) is 29.4 Å². The van der Waals surface area contributed by atoms with Crippen molar-refractivity contribution in [3.8, 4) is 0 Å². The molecule has 5 atom stereocenters. The van der Waals surface area contributed by atoms with Crippen molar-refractivity contribution in [3.63, 3.8) is 0 Å². The SMILES string of the molecule is N[C@]1(C(=O)O)C[C@@H](NC(=O)c2cccc(C(=O)O)c2)[C@@H]2[C@@H](C(=O)O)[C@H]21. The summed E-state index contributed by atoms with van der Waals surface area (Å²) in [6.07, 6.45) is -0.0776. The summed E-state index contributed by atoms with van der Waals surface area (Å²) in [5.41, 5.74) is 4.22. The standard InChI is InChI=1S/C16H16N2O7/c17-16(15(24)25)5-8(9-10(11(9)16)14(22)23)18-12(19)6-2-1-3-7(4-6)13(20)21/h1-4,8-11H,5,17H2,(H,18,19)(H,20,21)(H,22,23)(H,24,25)/t8-,9-,10-,11+,16-/m1/s1. The fourth-order valence-electron chi connectivity index (χ4n) is 3.88. The van der Waals surface area contributed by atoms with E-state index in [0.29, 0.717) is 0 Å². The molecule has 2 aliphatic rings. The number of amides is 1. The zero-order valence-electron chi connectivity index (χ0n) is 12.9. The van der Waals surface area contributed by atoms with Crippen molar-refractivity contribution in [2.45, 2.75) is 18.0 Å². The first-order valence-corrected chi connectivity index (χ1v) is 7.56. The number of aliphatic carboxylic acids is 2. The van der Waals surface area contributed by atoms with Crippen LogP contribution in [-0.2, 0) is 9.59 Å². The molecule has 3 rings (SSSR count). The molecular weight excluding hydrogens is 332 g/mol. The number of rotatable bonds is 5. The van der Waals surface area contributed by atoms with Gasteiger partial charge in [-0.3, -0.25) is 14.4 Å². The van der Waals surface area contributed by atoms with Crippen LogP contribution in [0.15, 0.2) is 24.3 Å². The number of nitrogens with one attached hydrogen (secondary N) is 1. The van der Waals surface area contributed by atoms with Crippen molar-refractivity contribution in [3.05, 3.63) is 35.4 Å². The summed E-state index contributed by atoms with van der Waals surface area (Å²) in [6, 6.07) is 4.66. The van der Waals surface area contributed by atoms with E-state index in [0.717, 1.165) is 0 Å². The van der Waals surface area contributed by atoms with Crippen LogP contribution in [0.4, 0.5) is 0 Å². The fraction of sp³-hybridized carbons (Fsp3) is 0.375. The Balaban J connectivity index is 1.80. The Morgan fingerprint density at radius 1 is 1.12 bits per heavy atom. The molecule has 1 amide bonds. The normalized spacial score (nSPS) is 32.5. The van der Waals surface area contributed by atoms with Gasteiger partial charge in [0.1, 0.15) is 5.54 Å². The van der Waals surface area contributed by atoms with Crippen molar-refractivity contribution in [1.29, 1.82) is 0 Å². The maximum atomic E-state index is 12.4. The van der Waals surface area contributed by atoms with Gasteiger partial charge in [-0.2, -0.15) is 0 Å². The first-order valence-electron chi connectivity index (χ1n) is 7.56. The van der Waals surface area contributed by atoms with Crippen LogP contribution >= 0.6 is 0 Å². The highest BCUT2D eigenvalue weighted by atomic mass is 16.4. The van der Waals surface area contributed by atoms with E-state index in [-0.39, 0.29) is 17.5 Å². The van der Waals surface area contributed by atoms with Gasteiger partial charge in [-0.25, -0.2) is 4.79 Å². The van der Waals surface area contributed by atoms with E-state index in [4.69, 9.17) is 10.8 Å². The third-order valence-electron chi connectivity index (χ3n) is 5.06. The highest BCUT2D eigenvalue weighted by Gasteiger charge is 2.74. The number of carboxylic acids is 3. The minimum absolute atomic E-state index is 0.0644. The molecule has 0 spiro atoms. The quantitative estimate of drug-likeness (QED) is 0.480. The van der Waals surface area contributed by atoms with Crippen molar-refractivity contribution in [2.75, 3.05) is 0 Å². The fourth-order valence-corrected chi connectivity index (χ4v) is 3.88. The minimum atomic E-state index is -1.70. The van der Waals surface area contributed by atoms with Crippen molar-refractivity contribution in [2.24, 2.45) is 23.5 Å². The highest BCUT2D eigenvalue weighted by Crippen LogP contribution is 2.61. The van der Waals surface area contributed by atoms with Gasteiger partial charge in [0.05, 0.1) is 11.5 Å². The molecule has 1 aromatic carbocycles. The zero-order valence-corrected chi connectivity index (χ0v) is 12.9. The number of carbonyl (C=O) groups excluding carboxylic acids is 1. The summed E-state index contributed by atoms with van der Waals surface area (Å²) in [5, 5.41) is 30.1. The van der Waals surface area contributed by atoms with Gasteiger partial charge in [-0.1, -0.05) is 6.07 Å². The number of aromatic carboxylic acids is 1. The van der Waals surface area contributed by atoms with E-state index in [1.807, 2.05) is 0 Å². The Labute approximate surface area is 141 Å². The molecular formula is C16H16N2O7. The first-order chi connectivity index (χ1) is 11.7. The van der Waals surface area contributed by atoms with E-state index < -0.39 is 53.1 Å². The summed E-state index contributed by atoms with van der Waals surface area (Å²) in [7, 11) is 0. The molecule has 0 unspecified atom stereocenters. The van der Waals surface area contributed by atoms with Crippen LogP contribution < -0.4 is 11.1 Å². The molecule has 0 saturated heterocycles. The molecule has 2 aliphatic carbocycles. The molecule has 0 aliphatic heterocycles. The molecule has 0 aromatic heterocycles. The number of benzene rings is 1. The van der Waals surface area contributed by atoms with Crippen LogP contribution in [0.3, 0.4) is 0 Å². The van der Waals surface area contributed by atoms with Gasteiger partial charge in [-0.15, -0.1) is 0 Å². The van der Waals surface area contributed by atoms with Crippen LogP contribution in [0.25, 0.3) is 0 Å². The van der Waals surface area contributed by atoms with Crippen LogP contribution in [0.2, 0.25) is 0 Å². The summed E-state index contributed by atoms with van der Waals surface area (Å²) in [4.78, 5) is 46.1. The lowest BCUT2D eigenvalue weighted by molar-refractivity contribution is -0.145. The Bertz CT molecular complexity index is 792. The van der Waals surface area contributed by atoms with Gasteiger partial charge < -0.3 is 26.4 Å². The average Bonchev–Trinajstić information content (AvgIpc) is 3.24. The Hall–Kier alpha value is -2.94. The highest BCUT2D eigenvalue weighted by molar-refractivity contribution is 5.98. The maximum absolute atomic E-state index is 12.4. The topological polar surface area (TPSA) is 167 Å². The van der Waals surface area contributed by atoms with Crippen LogP contribution in [-0.4, -0.2) is 50.7 Å². The Morgan fingerprint density at radius 2 is 1.76 bits per heavy atom. The van der Waals surface area contributed by atoms with Gasteiger partial charge in [-0.05, 0) is 30.5 Å². The molecule has 2 fully saturated rings. The van der Waals surface area contributed by atoms with Crippen LogP contribution in [0, 0.1) is 17.8 Å². The molecule has 9 heteroatoms. The third kappa shape index (κ3) is 2.62. The molecule has 0 radical (unpaired) electrons. The van der Waals surface area contributed by atoms with Gasteiger partial charge >= 0.3 is 17.9 Å². The minimum Gasteiger partial charge on any atom is -0.481 e. The number of carbonyl (C=O) groups is 4. The maximum Gasteiger partial charge on any atom is 0.335 e. The van der Waals surface area contributed by atoms with E-state index in [1.165, 1.54) is 24.3 Å². The van der Waals surface area contributed by atoms with Crippen molar-refractivity contribution < 1.29 is 34.5 Å².